The molecule has 0 radical (unpaired) electrons. The summed E-state index contributed by atoms with van der Waals surface area (Å²) in [6, 6.07) is 5.83. The largest absolute Gasteiger partial charge is 0.494 e. The first-order chi connectivity index (χ1) is 8.67. The number of ether oxygens (including phenoxy) is 2. The molecule has 0 aliphatic carbocycles. The first-order valence-electron chi connectivity index (χ1n) is 5.95. The number of benzene rings is 1. The Morgan fingerprint density at radius 2 is 2.17 bits per heavy atom. The van der Waals surface area contributed by atoms with Crippen LogP contribution in [0.1, 0.15) is 6.92 Å². The van der Waals surface area contributed by atoms with Crippen LogP contribution < -0.4 is 10.5 Å². The summed E-state index contributed by atoms with van der Waals surface area (Å²) in [7, 11) is 3.34. The van der Waals surface area contributed by atoms with Crippen molar-refractivity contribution in [2.24, 2.45) is 5.92 Å². The van der Waals surface area contributed by atoms with E-state index >= 15 is 0 Å². The fraction of sp³-hybridized carbons (Fsp3) is 0.462. The molecule has 98 valence electrons. The van der Waals surface area contributed by atoms with Crippen LogP contribution in [0.4, 0.5) is 5.95 Å². The second kappa shape index (κ2) is 5.27. The van der Waals surface area contributed by atoms with Gasteiger partial charge in [0.25, 0.3) is 0 Å². The Kier molecular flexibility index (Phi) is 3.72. The highest BCUT2D eigenvalue weighted by Gasteiger charge is 2.13. The van der Waals surface area contributed by atoms with Gasteiger partial charge >= 0.3 is 0 Å². The first-order valence-corrected chi connectivity index (χ1v) is 5.95. The SMILES string of the molecule is COCC(C)Cn1c(N)nc2c(OC)cccc21. The fourth-order valence-electron chi connectivity index (χ4n) is 2.14. The predicted octanol–water partition coefficient (Wildman–Crippen LogP) is 1.91. The van der Waals surface area contributed by atoms with E-state index in [1.54, 1.807) is 14.2 Å². The molecule has 5 heteroatoms. The number of hydrogen-bond donors (Lipinski definition) is 1. The molecule has 0 spiro atoms. The molecule has 0 aliphatic rings. The Bertz CT molecular complexity index is 536. The number of rotatable bonds is 5. The molecule has 5 nitrogen and oxygen atoms in total. The van der Waals surface area contributed by atoms with Crippen LogP contribution in [-0.2, 0) is 11.3 Å². The molecule has 2 N–H and O–H groups in total. The molecule has 0 amide bonds. The lowest BCUT2D eigenvalue weighted by molar-refractivity contribution is 0.152. The topological polar surface area (TPSA) is 62.3 Å². The van der Waals surface area contributed by atoms with Gasteiger partial charge in [0, 0.05) is 13.7 Å². The van der Waals surface area contributed by atoms with E-state index in [4.69, 9.17) is 15.2 Å². The van der Waals surface area contributed by atoms with Crippen molar-refractivity contribution in [1.29, 1.82) is 0 Å². The molecule has 0 aliphatic heterocycles. The van der Waals surface area contributed by atoms with Crippen molar-refractivity contribution in [3.05, 3.63) is 18.2 Å². The molecule has 18 heavy (non-hydrogen) atoms. The second-order valence-electron chi connectivity index (χ2n) is 4.47. The van der Waals surface area contributed by atoms with E-state index in [1.165, 1.54) is 0 Å². The monoisotopic (exact) mass is 249 g/mol. The summed E-state index contributed by atoms with van der Waals surface area (Å²) in [5.74, 6) is 1.63. The highest BCUT2D eigenvalue weighted by atomic mass is 16.5. The maximum Gasteiger partial charge on any atom is 0.201 e. The number of para-hydroxylation sites is 1. The maximum atomic E-state index is 5.98. The third kappa shape index (κ3) is 2.26. The molecule has 1 aromatic heterocycles. The molecule has 0 bridgehead atoms. The summed E-state index contributed by atoms with van der Waals surface area (Å²) in [4.78, 5) is 4.37. The van der Waals surface area contributed by atoms with Crippen molar-refractivity contribution >= 4 is 17.0 Å². The summed E-state index contributed by atoms with van der Waals surface area (Å²) >= 11 is 0. The summed E-state index contributed by atoms with van der Waals surface area (Å²) < 4.78 is 12.4. The predicted molar refractivity (Wildman–Crippen MR) is 71.7 cm³/mol. The van der Waals surface area contributed by atoms with Gasteiger partial charge in [0.1, 0.15) is 11.3 Å². The van der Waals surface area contributed by atoms with Gasteiger partial charge in [0.2, 0.25) is 5.95 Å². The van der Waals surface area contributed by atoms with Crippen LogP contribution in [0.2, 0.25) is 0 Å². The minimum Gasteiger partial charge on any atom is -0.494 e. The van der Waals surface area contributed by atoms with Crippen LogP contribution >= 0.6 is 0 Å². The van der Waals surface area contributed by atoms with Gasteiger partial charge in [0.15, 0.2) is 0 Å². The van der Waals surface area contributed by atoms with Gasteiger partial charge in [0.05, 0.1) is 19.2 Å². The Labute approximate surface area is 107 Å². The summed E-state index contributed by atoms with van der Waals surface area (Å²) in [5, 5.41) is 0. The Hall–Kier alpha value is -1.75. The summed E-state index contributed by atoms with van der Waals surface area (Å²) in [5.41, 5.74) is 7.78. The van der Waals surface area contributed by atoms with Gasteiger partial charge in [-0.3, -0.25) is 0 Å². The minimum absolute atomic E-state index is 0.376. The zero-order valence-corrected chi connectivity index (χ0v) is 11.0. The number of aromatic nitrogens is 2. The van der Waals surface area contributed by atoms with Crippen LogP contribution in [-0.4, -0.2) is 30.4 Å². The molecule has 1 heterocycles. The molecule has 1 atom stereocenters. The molecule has 1 aromatic carbocycles. The molecule has 2 aromatic rings. The number of hydrogen-bond acceptors (Lipinski definition) is 4. The molecule has 2 rings (SSSR count). The highest BCUT2D eigenvalue weighted by Crippen LogP contribution is 2.27. The number of nitrogens with zero attached hydrogens (tertiary/aromatic N) is 2. The van der Waals surface area contributed by atoms with Crippen molar-refractivity contribution < 1.29 is 9.47 Å². The van der Waals surface area contributed by atoms with Gasteiger partial charge in [-0.2, -0.15) is 0 Å². The number of imidazole rings is 1. The maximum absolute atomic E-state index is 5.98. The Morgan fingerprint density at radius 1 is 1.39 bits per heavy atom. The molecular formula is C13H19N3O2. The molecular weight excluding hydrogens is 230 g/mol. The van der Waals surface area contributed by atoms with E-state index < -0.39 is 0 Å². The average molecular weight is 249 g/mol. The lowest BCUT2D eigenvalue weighted by Gasteiger charge is -2.13. The standard InChI is InChI=1S/C13H19N3O2/c1-9(8-17-2)7-16-10-5-4-6-11(18-3)12(10)15-13(16)14/h4-6,9H,7-8H2,1-3H3,(H2,14,15). The number of nitrogens with two attached hydrogens (primary N) is 1. The lowest BCUT2D eigenvalue weighted by atomic mass is 10.2. The summed E-state index contributed by atoms with van der Waals surface area (Å²) in [6.07, 6.45) is 0. The van der Waals surface area contributed by atoms with Gasteiger partial charge in [-0.25, -0.2) is 4.98 Å². The van der Waals surface area contributed by atoms with Crippen molar-refractivity contribution in [3.8, 4) is 5.75 Å². The van der Waals surface area contributed by atoms with Gasteiger partial charge in [-0.05, 0) is 18.1 Å². The van der Waals surface area contributed by atoms with E-state index in [0.29, 0.717) is 18.5 Å². The third-order valence-corrected chi connectivity index (χ3v) is 2.94. The van der Waals surface area contributed by atoms with Gasteiger partial charge < -0.3 is 19.8 Å². The molecule has 0 saturated carbocycles. The van der Waals surface area contributed by atoms with Gasteiger partial charge in [-0.1, -0.05) is 13.0 Å². The average Bonchev–Trinajstić information content (AvgIpc) is 2.66. The van der Waals surface area contributed by atoms with Crippen molar-refractivity contribution in [3.63, 3.8) is 0 Å². The Morgan fingerprint density at radius 3 is 2.83 bits per heavy atom. The summed E-state index contributed by atoms with van der Waals surface area (Å²) in [6.45, 7) is 3.60. The van der Waals surface area contributed by atoms with Gasteiger partial charge in [-0.15, -0.1) is 0 Å². The smallest absolute Gasteiger partial charge is 0.201 e. The van der Waals surface area contributed by atoms with E-state index in [0.717, 1.165) is 23.3 Å². The van der Waals surface area contributed by atoms with Crippen LogP contribution in [0.25, 0.3) is 11.0 Å². The van der Waals surface area contributed by atoms with E-state index in [9.17, 15) is 0 Å². The first kappa shape index (κ1) is 12.7. The number of fused-ring (bicyclic) bond motifs is 1. The lowest BCUT2D eigenvalue weighted by Crippen LogP contribution is -2.14. The number of anilines is 1. The zero-order valence-electron chi connectivity index (χ0n) is 11.0. The number of methoxy groups -OCH3 is 2. The van der Waals surface area contributed by atoms with Crippen LogP contribution in [0.5, 0.6) is 5.75 Å². The van der Waals surface area contributed by atoms with E-state index in [2.05, 4.69) is 11.9 Å². The van der Waals surface area contributed by atoms with Crippen molar-refractivity contribution in [2.45, 2.75) is 13.5 Å². The molecule has 1 unspecified atom stereocenters. The normalized spacial score (nSPS) is 12.8. The van der Waals surface area contributed by atoms with Crippen LogP contribution in [0.15, 0.2) is 18.2 Å². The molecule has 0 fully saturated rings. The van der Waals surface area contributed by atoms with E-state index in [-0.39, 0.29) is 0 Å². The molecule has 0 saturated heterocycles. The van der Waals surface area contributed by atoms with Crippen LogP contribution in [0, 0.1) is 5.92 Å². The third-order valence-electron chi connectivity index (χ3n) is 2.94. The van der Waals surface area contributed by atoms with Crippen molar-refractivity contribution in [1.82, 2.24) is 9.55 Å². The quantitative estimate of drug-likeness (QED) is 0.879. The second-order valence-corrected chi connectivity index (χ2v) is 4.47. The zero-order chi connectivity index (χ0) is 13.1. The minimum atomic E-state index is 0.376. The Balaban J connectivity index is 2.41. The number of nitrogen functional groups attached to an aromatic ring is 1. The fourth-order valence-corrected chi connectivity index (χ4v) is 2.14. The van der Waals surface area contributed by atoms with Crippen molar-refractivity contribution in [2.75, 3.05) is 26.6 Å². The highest BCUT2D eigenvalue weighted by molar-refractivity contribution is 5.84. The van der Waals surface area contributed by atoms with Crippen LogP contribution in [0.3, 0.4) is 0 Å². The van der Waals surface area contributed by atoms with E-state index in [1.807, 2.05) is 22.8 Å².